The van der Waals surface area contributed by atoms with Gasteiger partial charge in [-0.2, -0.15) is 0 Å². The fraction of sp³-hybridized carbons (Fsp3) is 0.417. The molecule has 0 aliphatic carbocycles. The average molecular weight is 393 g/mol. The molecule has 0 atom stereocenters. The number of fused-ring (bicyclic) bond motifs is 3. The number of benzene rings is 2. The maximum atomic E-state index is 11.3. The van der Waals surface area contributed by atoms with Crippen LogP contribution in [0.25, 0.3) is 0 Å². The third kappa shape index (κ3) is 3.50. The van der Waals surface area contributed by atoms with Gasteiger partial charge in [-0.05, 0) is 64.8 Å². The second-order valence-electron chi connectivity index (χ2n) is 9.02. The van der Waals surface area contributed by atoms with E-state index in [2.05, 4.69) is 33.8 Å². The van der Waals surface area contributed by atoms with E-state index in [0.29, 0.717) is 6.61 Å². The fourth-order valence-electron chi connectivity index (χ4n) is 4.31. The predicted octanol–water partition coefficient (Wildman–Crippen LogP) is 4.67. The normalized spacial score (nSPS) is 18.3. The molecular formula is C24H27NO4. The maximum absolute atomic E-state index is 11.3. The van der Waals surface area contributed by atoms with Crippen LogP contribution in [-0.4, -0.2) is 34.5 Å². The number of rotatable bonds is 4. The van der Waals surface area contributed by atoms with Gasteiger partial charge in [-0.3, -0.25) is 4.99 Å². The van der Waals surface area contributed by atoms with Crippen molar-refractivity contribution in [2.75, 3.05) is 6.61 Å². The highest BCUT2D eigenvalue weighted by molar-refractivity contribution is 6.16. The molecule has 5 nitrogen and oxygen atoms in total. The summed E-state index contributed by atoms with van der Waals surface area (Å²) in [5.74, 6) is 0.676. The summed E-state index contributed by atoms with van der Waals surface area (Å²) >= 11 is 0. The van der Waals surface area contributed by atoms with E-state index in [1.807, 2.05) is 19.1 Å². The van der Waals surface area contributed by atoms with Crippen molar-refractivity contribution in [3.05, 3.63) is 58.1 Å². The molecule has 29 heavy (non-hydrogen) atoms. The standard InChI is InChI=1S/C24H27NO4/c1-6-28-18-11-16-12-23(2,3)25-20(14-7-9-15(10-8-14)22(26)27)19(16)17-13-24(4,5)29-21(17)18/h7-11H,6,12-13H2,1-5H3,(H,26,27). The molecule has 0 amide bonds. The number of carboxylic acid groups (broad SMARTS) is 1. The molecule has 4 rings (SSSR count). The number of carboxylic acids is 1. The zero-order valence-electron chi connectivity index (χ0n) is 17.6. The summed E-state index contributed by atoms with van der Waals surface area (Å²) in [5, 5.41) is 9.23. The molecule has 0 bridgehead atoms. The SMILES string of the molecule is CCOc1cc2c(c3c1OC(C)(C)C3)C(c1ccc(C(=O)O)cc1)=NC(C)(C)C2. The molecule has 2 aromatic rings. The summed E-state index contributed by atoms with van der Waals surface area (Å²) in [6, 6.07) is 9.06. The summed E-state index contributed by atoms with van der Waals surface area (Å²) in [7, 11) is 0. The Kier molecular flexibility index (Phi) is 4.45. The number of hydrogen-bond acceptors (Lipinski definition) is 4. The highest BCUT2D eigenvalue weighted by Gasteiger charge is 2.39. The number of nitrogens with zero attached hydrogens (tertiary/aromatic N) is 1. The average Bonchev–Trinajstić information content (AvgIpc) is 2.96. The maximum Gasteiger partial charge on any atom is 0.335 e. The monoisotopic (exact) mass is 393 g/mol. The quantitative estimate of drug-likeness (QED) is 0.820. The van der Waals surface area contributed by atoms with Crippen molar-refractivity contribution < 1.29 is 19.4 Å². The van der Waals surface area contributed by atoms with Gasteiger partial charge in [0.05, 0.1) is 23.4 Å². The predicted molar refractivity (Wildman–Crippen MR) is 113 cm³/mol. The minimum atomic E-state index is -0.930. The molecule has 0 unspecified atom stereocenters. The van der Waals surface area contributed by atoms with Crippen LogP contribution >= 0.6 is 0 Å². The van der Waals surface area contributed by atoms with E-state index in [1.165, 1.54) is 5.56 Å². The van der Waals surface area contributed by atoms with Gasteiger partial charge in [0.1, 0.15) is 5.60 Å². The van der Waals surface area contributed by atoms with Gasteiger partial charge in [-0.25, -0.2) is 4.79 Å². The van der Waals surface area contributed by atoms with Crippen molar-refractivity contribution >= 4 is 11.7 Å². The summed E-state index contributed by atoms with van der Waals surface area (Å²) < 4.78 is 12.2. The van der Waals surface area contributed by atoms with Crippen LogP contribution in [-0.2, 0) is 12.8 Å². The lowest BCUT2D eigenvalue weighted by Crippen LogP contribution is -2.30. The smallest absolute Gasteiger partial charge is 0.335 e. The van der Waals surface area contributed by atoms with Crippen molar-refractivity contribution in [1.82, 2.24) is 0 Å². The van der Waals surface area contributed by atoms with E-state index in [4.69, 9.17) is 14.5 Å². The summed E-state index contributed by atoms with van der Waals surface area (Å²) in [4.78, 5) is 16.3. The van der Waals surface area contributed by atoms with E-state index < -0.39 is 5.97 Å². The Hall–Kier alpha value is -2.82. The fourth-order valence-corrected chi connectivity index (χ4v) is 4.31. The van der Waals surface area contributed by atoms with Crippen LogP contribution in [0, 0.1) is 0 Å². The molecule has 2 aliphatic rings. The molecule has 2 aromatic carbocycles. The molecule has 0 saturated heterocycles. The van der Waals surface area contributed by atoms with E-state index in [1.54, 1.807) is 12.1 Å². The minimum Gasteiger partial charge on any atom is -0.490 e. The second kappa shape index (κ2) is 6.61. The summed E-state index contributed by atoms with van der Waals surface area (Å²) in [6.07, 6.45) is 1.59. The second-order valence-corrected chi connectivity index (χ2v) is 9.02. The van der Waals surface area contributed by atoms with Crippen LogP contribution in [0.5, 0.6) is 11.5 Å². The Bertz CT molecular complexity index is 1020. The lowest BCUT2D eigenvalue weighted by atomic mass is 9.81. The largest absolute Gasteiger partial charge is 0.490 e. The Morgan fingerprint density at radius 1 is 1.17 bits per heavy atom. The van der Waals surface area contributed by atoms with Crippen molar-refractivity contribution in [2.24, 2.45) is 4.99 Å². The lowest BCUT2D eigenvalue weighted by Gasteiger charge is -2.31. The van der Waals surface area contributed by atoms with Gasteiger partial charge in [0.25, 0.3) is 0 Å². The number of hydrogen-bond donors (Lipinski definition) is 1. The van der Waals surface area contributed by atoms with Crippen molar-refractivity contribution in [3.8, 4) is 11.5 Å². The first-order chi connectivity index (χ1) is 13.6. The third-order valence-electron chi connectivity index (χ3n) is 5.39. The van der Waals surface area contributed by atoms with Gasteiger partial charge >= 0.3 is 5.97 Å². The zero-order valence-corrected chi connectivity index (χ0v) is 17.6. The summed E-state index contributed by atoms with van der Waals surface area (Å²) in [5.41, 5.74) is 4.95. The minimum absolute atomic E-state index is 0.263. The van der Waals surface area contributed by atoms with Crippen LogP contribution in [0.1, 0.15) is 67.2 Å². The molecule has 5 heteroatoms. The Labute approximate surface area is 171 Å². The number of aromatic carboxylic acids is 1. The van der Waals surface area contributed by atoms with Crippen LogP contribution in [0.4, 0.5) is 0 Å². The van der Waals surface area contributed by atoms with Gasteiger partial charge in [0.2, 0.25) is 0 Å². The molecule has 2 aliphatic heterocycles. The molecule has 0 fully saturated rings. The topological polar surface area (TPSA) is 68.1 Å². The molecule has 0 radical (unpaired) electrons. The lowest BCUT2D eigenvalue weighted by molar-refractivity contribution is 0.0697. The van der Waals surface area contributed by atoms with Crippen molar-refractivity contribution in [3.63, 3.8) is 0 Å². The summed E-state index contributed by atoms with van der Waals surface area (Å²) in [6.45, 7) is 11.0. The van der Waals surface area contributed by atoms with Crippen LogP contribution in [0.15, 0.2) is 35.3 Å². The Morgan fingerprint density at radius 2 is 1.86 bits per heavy atom. The van der Waals surface area contributed by atoms with Gasteiger partial charge in [0, 0.05) is 23.1 Å². The highest BCUT2D eigenvalue weighted by atomic mass is 16.5. The molecule has 152 valence electrons. The molecular weight excluding hydrogens is 366 g/mol. The Balaban J connectivity index is 1.93. The molecule has 0 saturated carbocycles. The first-order valence-electron chi connectivity index (χ1n) is 10.0. The van der Waals surface area contributed by atoms with Gasteiger partial charge in [-0.15, -0.1) is 0 Å². The molecule has 2 heterocycles. The molecule has 1 N–H and O–H groups in total. The number of carbonyl (C=O) groups is 1. The van der Waals surface area contributed by atoms with Crippen LogP contribution < -0.4 is 9.47 Å². The van der Waals surface area contributed by atoms with Crippen molar-refractivity contribution in [2.45, 2.75) is 58.6 Å². The third-order valence-corrected chi connectivity index (χ3v) is 5.39. The van der Waals surface area contributed by atoms with E-state index >= 15 is 0 Å². The zero-order chi connectivity index (χ0) is 21.0. The van der Waals surface area contributed by atoms with Crippen molar-refractivity contribution in [1.29, 1.82) is 0 Å². The first-order valence-corrected chi connectivity index (χ1v) is 10.0. The van der Waals surface area contributed by atoms with Gasteiger partial charge < -0.3 is 14.6 Å². The van der Waals surface area contributed by atoms with E-state index in [9.17, 15) is 9.90 Å². The number of ether oxygens (including phenoxy) is 2. The Morgan fingerprint density at radius 3 is 2.48 bits per heavy atom. The van der Waals surface area contributed by atoms with Crippen LogP contribution in [0.3, 0.4) is 0 Å². The first kappa shape index (κ1) is 19.5. The van der Waals surface area contributed by atoms with Gasteiger partial charge in [-0.1, -0.05) is 12.1 Å². The van der Waals surface area contributed by atoms with Gasteiger partial charge in [0.15, 0.2) is 11.5 Å². The number of aliphatic imine (C=N–C) groups is 1. The molecule has 0 aromatic heterocycles. The molecule has 0 spiro atoms. The highest BCUT2D eigenvalue weighted by Crippen LogP contribution is 2.48. The van der Waals surface area contributed by atoms with E-state index in [-0.39, 0.29) is 16.7 Å². The van der Waals surface area contributed by atoms with Crippen LogP contribution in [0.2, 0.25) is 0 Å². The van der Waals surface area contributed by atoms with E-state index in [0.717, 1.165) is 46.7 Å².